The van der Waals surface area contributed by atoms with Crippen LogP contribution in [0, 0.1) is 27.2 Å². The summed E-state index contributed by atoms with van der Waals surface area (Å²) in [4.78, 5) is 38.9. The van der Waals surface area contributed by atoms with Gasteiger partial charge in [-0.2, -0.15) is 0 Å². The molecule has 4 unspecified atom stereocenters. The lowest BCUT2D eigenvalue weighted by molar-refractivity contribution is -0.143. The van der Waals surface area contributed by atoms with Gasteiger partial charge in [-0.15, -0.1) is 0 Å². The Morgan fingerprint density at radius 3 is 2.52 bits per heavy atom. The fourth-order valence-electron chi connectivity index (χ4n) is 4.25. The highest BCUT2D eigenvalue weighted by Gasteiger charge is 2.60. The van der Waals surface area contributed by atoms with E-state index in [-0.39, 0.29) is 35.4 Å². The summed E-state index contributed by atoms with van der Waals surface area (Å²) in [5.41, 5.74) is 0.637. The second-order valence-electron chi connectivity index (χ2n) is 6.16. The Labute approximate surface area is 136 Å². The zero-order valence-electron chi connectivity index (χ0n) is 11.3. The van der Waals surface area contributed by atoms with Gasteiger partial charge < -0.3 is 0 Å². The standard InChI is InChI=1S/C16H14INO3/c17-9-2-1-3-10(7-9)18-15(20)13-8-4-5-11(12(19)6-8)14(13)16(18)21/h1-3,7-8,11,13-14H,4-6H2. The highest BCUT2D eigenvalue weighted by atomic mass is 127. The maximum atomic E-state index is 12.7. The smallest absolute Gasteiger partial charge is 0.238 e. The van der Waals surface area contributed by atoms with Crippen LogP contribution >= 0.6 is 22.6 Å². The van der Waals surface area contributed by atoms with Crippen molar-refractivity contribution in [3.05, 3.63) is 27.8 Å². The predicted octanol–water partition coefficient (Wildman–Crippen LogP) is 2.40. The second kappa shape index (κ2) is 4.63. The lowest BCUT2D eigenvalue weighted by Crippen LogP contribution is -2.46. The van der Waals surface area contributed by atoms with E-state index in [0.717, 1.165) is 16.4 Å². The number of hydrogen-bond donors (Lipinski definition) is 0. The molecule has 2 bridgehead atoms. The molecular formula is C16H14INO3. The van der Waals surface area contributed by atoms with E-state index in [4.69, 9.17) is 0 Å². The zero-order valence-corrected chi connectivity index (χ0v) is 13.4. The van der Waals surface area contributed by atoms with Crippen LogP contribution in [-0.4, -0.2) is 17.6 Å². The minimum absolute atomic E-state index is 0.0664. The molecule has 1 heterocycles. The van der Waals surface area contributed by atoms with Crippen LogP contribution in [0.5, 0.6) is 0 Å². The van der Waals surface area contributed by atoms with Gasteiger partial charge in [-0.3, -0.25) is 14.4 Å². The average Bonchev–Trinajstić information content (AvgIpc) is 2.73. The molecule has 0 N–H and O–H groups in total. The third-order valence-electron chi connectivity index (χ3n) is 5.13. The van der Waals surface area contributed by atoms with Crippen molar-refractivity contribution >= 4 is 45.9 Å². The van der Waals surface area contributed by atoms with E-state index in [9.17, 15) is 14.4 Å². The number of imide groups is 1. The largest absolute Gasteiger partial charge is 0.299 e. The van der Waals surface area contributed by atoms with Gasteiger partial charge in [-0.05, 0) is 59.5 Å². The van der Waals surface area contributed by atoms with Crippen LogP contribution < -0.4 is 4.90 Å². The Morgan fingerprint density at radius 2 is 1.81 bits per heavy atom. The molecule has 1 aromatic carbocycles. The van der Waals surface area contributed by atoms with E-state index >= 15 is 0 Å². The molecule has 4 atom stereocenters. The number of ketones is 1. The van der Waals surface area contributed by atoms with Crippen molar-refractivity contribution in [2.45, 2.75) is 19.3 Å². The maximum absolute atomic E-state index is 12.7. The summed E-state index contributed by atoms with van der Waals surface area (Å²) >= 11 is 2.17. The van der Waals surface area contributed by atoms with Crippen LogP contribution in [0.15, 0.2) is 24.3 Å². The first-order valence-electron chi connectivity index (χ1n) is 7.24. The summed E-state index contributed by atoms with van der Waals surface area (Å²) in [6.07, 6.45) is 2.14. The molecule has 108 valence electrons. The minimum Gasteiger partial charge on any atom is -0.299 e. The van der Waals surface area contributed by atoms with E-state index in [1.807, 2.05) is 18.2 Å². The maximum Gasteiger partial charge on any atom is 0.238 e. The number of anilines is 1. The molecule has 3 saturated carbocycles. The summed E-state index contributed by atoms with van der Waals surface area (Å²) in [6.45, 7) is 0. The highest BCUT2D eigenvalue weighted by molar-refractivity contribution is 14.1. The molecule has 0 spiro atoms. The van der Waals surface area contributed by atoms with Crippen molar-refractivity contribution in [2.24, 2.45) is 23.7 Å². The number of carbonyl (C=O) groups is 3. The van der Waals surface area contributed by atoms with E-state index < -0.39 is 5.92 Å². The number of amides is 2. The van der Waals surface area contributed by atoms with Crippen LogP contribution in [0.4, 0.5) is 5.69 Å². The van der Waals surface area contributed by atoms with Gasteiger partial charge in [-0.25, -0.2) is 4.90 Å². The summed E-state index contributed by atoms with van der Waals surface area (Å²) in [7, 11) is 0. The van der Waals surface area contributed by atoms with Gasteiger partial charge in [-0.1, -0.05) is 6.07 Å². The SMILES string of the molecule is O=C1CC2CCC1C1C(=O)N(c3cccc(I)c3)C(=O)C21. The normalized spacial score (nSPS) is 34.5. The molecule has 4 nitrogen and oxygen atoms in total. The first kappa shape index (κ1) is 13.4. The van der Waals surface area contributed by atoms with Gasteiger partial charge in [0.25, 0.3) is 0 Å². The number of carbonyl (C=O) groups excluding carboxylic acids is 3. The lowest BCUT2D eigenvalue weighted by atomic mass is 9.59. The van der Waals surface area contributed by atoms with Gasteiger partial charge in [0, 0.05) is 15.9 Å². The second-order valence-corrected chi connectivity index (χ2v) is 7.40. The summed E-state index contributed by atoms with van der Waals surface area (Å²) in [6, 6.07) is 7.41. The number of Topliss-reactive ketones (excluding diaryl/α,β-unsaturated/α-hetero) is 1. The Morgan fingerprint density at radius 1 is 1.05 bits per heavy atom. The minimum atomic E-state index is -0.407. The van der Waals surface area contributed by atoms with Gasteiger partial charge in [0.05, 0.1) is 17.5 Å². The van der Waals surface area contributed by atoms with Gasteiger partial charge in [0.2, 0.25) is 11.8 Å². The molecule has 21 heavy (non-hydrogen) atoms. The quantitative estimate of drug-likeness (QED) is 0.542. The van der Waals surface area contributed by atoms with Crippen molar-refractivity contribution in [3.63, 3.8) is 0 Å². The van der Waals surface area contributed by atoms with E-state index in [2.05, 4.69) is 22.6 Å². The summed E-state index contributed by atoms with van der Waals surface area (Å²) in [5, 5.41) is 0. The third-order valence-corrected chi connectivity index (χ3v) is 5.80. The van der Waals surface area contributed by atoms with Crippen LogP contribution in [0.1, 0.15) is 19.3 Å². The van der Waals surface area contributed by atoms with Crippen molar-refractivity contribution in [3.8, 4) is 0 Å². The van der Waals surface area contributed by atoms with Crippen molar-refractivity contribution in [2.75, 3.05) is 4.90 Å². The van der Waals surface area contributed by atoms with Crippen molar-refractivity contribution in [1.82, 2.24) is 0 Å². The molecule has 3 aliphatic carbocycles. The third kappa shape index (κ3) is 1.82. The average molecular weight is 395 g/mol. The fraction of sp³-hybridized carbons (Fsp3) is 0.438. The van der Waals surface area contributed by atoms with Crippen LogP contribution in [0.2, 0.25) is 0 Å². The Bertz CT molecular complexity index is 671. The van der Waals surface area contributed by atoms with Crippen LogP contribution in [0.25, 0.3) is 0 Å². The number of fused-ring (bicyclic) bond motifs is 2. The molecule has 0 aromatic heterocycles. The van der Waals surface area contributed by atoms with Crippen LogP contribution in [0.3, 0.4) is 0 Å². The van der Waals surface area contributed by atoms with Crippen molar-refractivity contribution in [1.29, 1.82) is 0 Å². The molecular weight excluding hydrogens is 381 g/mol. The van der Waals surface area contributed by atoms with Gasteiger partial charge in [0.15, 0.2) is 0 Å². The molecule has 1 saturated heterocycles. The molecule has 4 fully saturated rings. The number of halogens is 1. The van der Waals surface area contributed by atoms with E-state index in [1.54, 1.807) is 6.07 Å². The van der Waals surface area contributed by atoms with Crippen molar-refractivity contribution < 1.29 is 14.4 Å². The van der Waals surface area contributed by atoms with Gasteiger partial charge >= 0.3 is 0 Å². The van der Waals surface area contributed by atoms with Crippen LogP contribution in [-0.2, 0) is 14.4 Å². The first-order chi connectivity index (χ1) is 10.1. The number of hydrogen-bond acceptors (Lipinski definition) is 3. The molecule has 2 amide bonds. The number of nitrogens with zero attached hydrogens (tertiary/aromatic N) is 1. The molecule has 0 radical (unpaired) electrons. The summed E-state index contributed by atoms with van der Waals surface area (Å²) < 4.78 is 0.986. The predicted molar refractivity (Wildman–Crippen MR) is 84.5 cm³/mol. The Balaban J connectivity index is 1.77. The molecule has 5 heteroatoms. The topological polar surface area (TPSA) is 54.5 Å². The van der Waals surface area contributed by atoms with Gasteiger partial charge in [0.1, 0.15) is 5.78 Å². The monoisotopic (exact) mass is 395 g/mol. The number of benzene rings is 1. The Hall–Kier alpha value is -1.24. The Kier molecular flexibility index (Phi) is 2.96. The fourth-order valence-corrected chi connectivity index (χ4v) is 4.78. The first-order valence-corrected chi connectivity index (χ1v) is 8.32. The molecule has 4 aliphatic rings. The number of rotatable bonds is 1. The highest BCUT2D eigenvalue weighted by Crippen LogP contribution is 2.52. The molecule has 5 rings (SSSR count). The molecule has 1 aliphatic heterocycles. The lowest BCUT2D eigenvalue weighted by Gasteiger charge is -2.41. The summed E-state index contributed by atoms with van der Waals surface area (Å²) in [5.74, 6) is -0.940. The van der Waals surface area contributed by atoms with E-state index in [0.29, 0.717) is 12.1 Å². The zero-order chi connectivity index (χ0) is 14.7. The molecule has 1 aromatic rings. The van der Waals surface area contributed by atoms with E-state index in [1.165, 1.54) is 4.90 Å².